The summed E-state index contributed by atoms with van der Waals surface area (Å²) in [7, 11) is -4.92. The van der Waals surface area contributed by atoms with Crippen LogP contribution in [0.3, 0.4) is 0 Å². The molecule has 0 rings (SSSR count). The van der Waals surface area contributed by atoms with E-state index in [0.717, 1.165) is 19.3 Å². The largest absolute Gasteiger partial charge is 1.00 e. The molecular weight excluding hydrogens is 425 g/mol. The van der Waals surface area contributed by atoms with Crippen LogP contribution in [0.4, 0.5) is 47.9 Å². The molecule has 0 spiro atoms. The van der Waals surface area contributed by atoms with Crippen LogP contribution in [0.1, 0.15) is 27.6 Å². The lowest BCUT2D eigenvalue weighted by atomic mass is 10.3. The van der Waals surface area contributed by atoms with E-state index in [0.29, 0.717) is 7.18 Å². The Kier molecular flexibility index (Phi) is 54.2. The first kappa shape index (κ1) is 40.0. The highest BCUT2D eigenvalue weighted by molar-refractivity contribution is 7.80. The zero-order valence-corrected chi connectivity index (χ0v) is 14.5. The molecule has 0 fully saturated rings. The summed E-state index contributed by atoms with van der Waals surface area (Å²) in [5.41, 5.74) is 0. The van der Waals surface area contributed by atoms with Gasteiger partial charge in [0.1, 0.15) is 0 Å². The Bertz CT molecular complexity index is 281. The summed E-state index contributed by atoms with van der Waals surface area (Å²) in [4.78, 5) is 2.38. The molecule has 0 amide bonds. The van der Waals surface area contributed by atoms with Crippen molar-refractivity contribution in [2.75, 3.05) is 34.3 Å². The van der Waals surface area contributed by atoms with Gasteiger partial charge in [-0.25, -0.2) is 26.0 Å². The minimum atomic E-state index is -5.42. The molecule has 0 aliphatic rings. The fourth-order valence-corrected chi connectivity index (χ4v) is 0.344. The molecule has 0 radical (unpaired) electrons. The van der Waals surface area contributed by atoms with Gasteiger partial charge in [-0.2, -0.15) is 18.1 Å². The fourth-order valence-electron chi connectivity index (χ4n) is 0.344. The van der Waals surface area contributed by atoms with Crippen molar-refractivity contribution in [2.24, 2.45) is 0 Å². The van der Waals surface area contributed by atoms with Crippen LogP contribution in [0.2, 0.25) is 0 Å². The van der Waals surface area contributed by atoms with Crippen molar-refractivity contribution in [2.45, 2.75) is 32.4 Å². The maximum atomic E-state index is 11.2. The minimum Gasteiger partial charge on any atom is -0.722 e. The summed E-state index contributed by atoms with van der Waals surface area (Å²) >= 11 is 0. The fraction of sp³-hybridized carbons (Fsp3) is 1.00. The summed E-state index contributed by atoms with van der Waals surface area (Å²) < 4.78 is 137. The quantitative estimate of drug-likeness (QED) is 0.248. The highest BCUT2D eigenvalue weighted by Gasteiger charge is 2.26. The molecule has 0 unspecified atom stereocenters. The van der Waals surface area contributed by atoms with Crippen molar-refractivity contribution in [1.29, 1.82) is 0 Å². The molecule has 0 N–H and O–H groups in total. The zero-order chi connectivity index (χ0) is 22.7. The number of alkyl halides is 9. The highest BCUT2D eigenvalue weighted by Crippen LogP contribution is 2.13. The Morgan fingerprint density at radius 2 is 1.23 bits per heavy atom. The Balaban J connectivity index is -0.0000000365. The van der Waals surface area contributed by atoms with Crippen LogP contribution in [-0.2, 0) is 15.4 Å². The molecule has 0 aliphatic carbocycles. The van der Waals surface area contributed by atoms with E-state index in [2.05, 4.69) is 11.9 Å². The molecular formula is C10H21F11O4S. The molecule has 0 saturated carbocycles. The summed E-state index contributed by atoms with van der Waals surface area (Å²) in [6.45, 7) is -3.41. The summed E-state index contributed by atoms with van der Waals surface area (Å²) in [6, 6.07) is 0. The van der Waals surface area contributed by atoms with Crippen LogP contribution in [-0.4, -0.2) is 53.5 Å². The topological polar surface area (TPSA) is 66.4 Å². The Morgan fingerprint density at radius 3 is 1.27 bits per heavy atom. The molecule has 0 heterocycles. The first-order valence-corrected chi connectivity index (χ1v) is 7.25. The Hall–Kier alpha value is -0.900. The average Bonchev–Trinajstić information content (AvgIpc) is 2.54. The number of halogens is 11. The van der Waals surface area contributed by atoms with Crippen molar-refractivity contribution in [3.8, 4) is 0 Å². The maximum Gasteiger partial charge on any atom is 1.00 e. The van der Waals surface area contributed by atoms with Gasteiger partial charge in [0.25, 0.3) is 10.5 Å². The monoisotopic (exact) mass is 446 g/mol. The van der Waals surface area contributed by atoms with Gasteiger partial charge in [0.05, 0.1) is 13.9 Å². The molecule has 4 nitrogen and oxygen atoms in total. The standard InChI is InChI=1S/C5H11F.C2H2F4.CH2F2O.CH2F2.CH3F.FHO3S/c1-2-3-4-5-6;3-1-2(4,5)6;2-1-4-3;2-1-3;1-2;1-5(2,3)4/h2-5H2,1H3;1H2;1H2;1H2;1H3;(H,2,3,4). The summed E-state index contributed by atoms with van der Waals surface area (Å²) in [5, 5.41) is 0. The Labute approximate surface area is 145 Å². The van der Waals surface area contributed by atoms with E-state index in [1.54, 1.807) is 0 Å². The van der Waals surface area contributed by atoms with Crippen molar-refractivity contribution in [1.82, 2.24) is 0 Å². The van der Waals surface area contributed by atoms with Gasteiger partial charge in [0.15, 0.2) is 6.67 Å². The molecule has 16 heteroatoms. The van der Waals surface area contributed by atoms with Crippen LogP contribution >= 0.6 is 0 Å². The molecule has 0 aromatic carbocycles. The molecule has 0 aromatic heterocycles. The van der Waals surface area contributed by atoms with Crippen molar-refractivity contribution < 1.29 is 67.3 Å². The zero-order valence-electron chi connectivity index (χ0n) is 14.6. The molecule has 0 aliphatic heterocycles. The van der Waals surface area contributed by atoms with Gasteiger partial charge in [-0.3, -0.25) is 8.78 Å². The molecule has 26 heavy (non-hydrogen) atoms. The summed E-state index contributed by atoms with van der Waals surface area (Å²) in [6.07, 6.45) is -1.73. The van der Waals surface area contributed by atoms with E-state index in [-0.39, 0.29) is 8.10 Å². The lowest BCUT2D eigenvalue weighted by molar-refractivity contribution is -0.167. The normalized spacial score (nSPS) is 9.15. The van der Waals surface area contributed by atoms with E-state index >= 15 is 0 Å². The van der Waals surface area contributed by atoms with Crippen molar-refractivity contribution in [3.63, 3.8) is 0 Å². The first-order valence-electron chi connectivity index (χ1n) is 5.94. The first-order chi connectivity index (χ1) is 11.8. The number of hydrogen-bond donors (Lipinski definition) is 0. The number of rotatable bonds is 4. The van der Waals surface area contributed by atoms with Gasteiger partial charge in [0, 0.05) is 0 Å². The predicted octanol–water partition coefficient (Wildman–Crippen LogP) is 5.48. The lowest BCUT2D eigenvalue weighted by Gasteiger charge is -1.93. The van der Waals surface area contributed by atoms with Crippen LogP contribution < -0.4 is 0 Å². The lowest BCUT2D eigenvalue weighted by Crippen LogP contribution is -2.08. The third-order valence-corrected chi connectivity index (χ3v) is 0.930. The van der Waals surface area contributed by atoms with Gasteiger partial charge in [-0.15, -0.1) is 3.89 Å². The van der Waals surface area contributed by atoms with Gasteiger partial charge in [0.2, 0.25) is 13.8 Å². The molecule has 0 aromatic rings. The van der Waals surface area contributed by atoms with E-state index < -0.39 is 37.1 Å². The molecule has 0 saturated heterocycles. The third kappa shape index (κ3) is 303. The van der Waals surface area contributed by atoms with E-state index in [9.17, 15) is 47.9 Å². The number of unbranched alkanes of at least 4 members (excludes halogenated alkanes) is 2. The molecule has 0 bridgehead atoms. The second kappa shape index (κ2) is 35.3. The van der Waals surface area contributed by atoms with Crippen LogP contribution in [0.15, 0.2) is 0 Å². The SMILES string of the molecule is CCCCCF.CF.FCC(F)(F)F.FCF.FCOF.O=S(=O)([O-])F.[H+]. The minimum absolute atomic E-state index is 0. The maximum absolute atomic E-state index is 11.2. The van der Waals surface area contributed by atoms with Gasteiger partial charge >= 0.3 is 7.60 Å². The Morgan fingerprint density at radius 1 is 1.00 bits per heavy atom. The molecule has 0 atom stereocenters. The van der Waals surface area contributed by atoms with E-state index in [1.807, 2.05) is 0 Å². The summed E-state index contributed by atoms with van der Waals surface area (Å²) in [5.74, 6) is 0. The van der Waals surface area contributed by atoms with Crippen LogP contribution in [0.5, 0.6) is 0 Å². The second-order valence-corrected chi connectivity index (χ2v) is 3.64. The smallest absolute Gasteiger partial charge is 0.722 e. The van der Waals surface area contributed by atoms with Gasteiger partial charge < -0.3 is 4.55 Å². The van der Waals surface area contributed by atoms with Crippen LogP contribution in [0.25, 0.3) is 0 Å². The predicted molar refractivity (Wildman–Crippen MR) is 71.7 cm³/mol. The second-order valence-electron chi connectivity index (χ2n) is 2.86. The van der Waals surface area contributed by atoms with Gasteiger partial charge in [-0.1, -0.05) is 19.8 Å². The van der Waals surface area contributed by atoms with Crippen molar-refractivity contribution in [3.05, 3.63) is 0 Å². The highest BCUT2D eigenvalue weighted by atomic mass is 32.3. The number of hydrogen-bond acceptors (Lipinski definition) is 4. The van der Waals surface area contributed by atoms with Gasteiger partial charge in [-0.05, 0) is 10.9 Å². The average molecular weight is 446 g/mol. The molecule has 168 valence electrons. The van der Waals surface area contributed by atoms with Crippen LogP contribution in [0, 0.1) is 0 Å². The van der Waals surface area contributed by atoms with E-state index in [4.69, 9.17) is 13.0 Å². The van der Waals surface area contributed by atoms with Crippen molar-refractivity contribution >= 4 is 10.5 Å². The third-order valence-electron chi connectivity index (χ3n) is 0.930. The van der Waals surface area contributed by atoms with E-state index in [1.165, 1.54) is 0 Å².